The lowest BCUT2D eigenvalue weighted by molar-refractivity contribution is 1.53. The van der Waals surface area contributed by atoms with Crippen LogP contribution in [0.4, 0.5) is 0 Å². The first-order valence-corrected chi connectivity index (χ1v) is 8.95. The maximum Gasteiger partial charge on any atom is -0.0111 e. The third kappa shape index (κ3) is 2.66. The van der Waals surface area contributed by atoms with Gasteiger partial charge in [0.2, 0.25) is 0 Å². The van der Waals surface area contributed by atoms with Crippen molar-refractivity contribution in [3.05, 3.63) is 118 Å². The largest absolute Gasteiger partial charge is 0.0616 e. The van der Waals surface area contributed by atoms with Gasteiger partial charge in [-0.1, -0.05) is 97.1 Å². The SMILES string of the molecule is C(=Cc1ccc(C=CC2=Cc3ccccc32)cc1)C1=Cc2ccccc21. The van der Waals surface area contributed by atoms with Crippen LogP contribution in [0.1, 0.15) is 33.4 Å². The molecule has 26 heavy (non-hydrogen) atoms. The normalized spacial score (nSPS) is 14.3. The Balaban J connectivity index is 1.26. The minimum atomic E-state index is 1.22. The van der Waals surface area contributed by atoms with Gasteiger partial charge in [-0.25, -0.2) is 0 Å². The number of hydrogen-bond acceptors (Lipinski definition) is 0. The Bertz CT molecular complexity index is 1010. The van der Waals surface area contributed by atoms with E-state index in [0.29, 0.717) is 0 Å². The second kappa shape index (κ2) is 6.16. The van der Waals surface area contributed by atoms with E-state index < -0.39 is 0 Å². The van der Waals surface area contributed by atoms with Gasteiger partial charge in [0.1, 0.15) is 0 Å². The maximum absolute atomic E-state index is 2.23. The van der Waals surface area contributed by atoms with Crippen molar-refractivity contribution in [3.8, 4) is 0 Å². The lowest BCUT2D eigenvalue weighted by Gasteiger charge is -2.16. The number of benzene rings is 3. The summed E-state index contributed by atoms with van der Waals surface area (Å²) in [6.07, 6.45) is 13.2. The number of rotatable bonds is 4. The average Bonchev–Trinajstić information content (AvgIpc) is 2.64. The highest BCUT2D eigenvalue weighted by molar-refractivity contribution is 6.02. The molecule has 0 heterocycles. The van der Waals surface area contributed by atoms with Gasteiger partial charge < -0.3 is 0 Å². The van der Waals surface area contributed by atoms with Gasteiger partial charge in [0.05, 0.1) is 0 Å². The Morgan fingerprint density at radius 3 is 1.27 bits per heavy atom. The molecule has 0 bridgehead atoms. The molecule has 0 aliphatic heterocycles. The summed E-state index contributed by atoms with van der Waals surface area (Å²) in [5.74, 6) is 0. The summed E-state index contributed by atoms with van der Waals surface area (Å²) in [6, 6.07) is 25.7. The highest BCUT2D eigenvalue weighted by Gasteiger charge is 2.12. The molecule has 0 spiro atoms. The van der Waals surface area contributed by atoms with Crippen molar-refractivity contribution in [1.82, 2.24) is 0 Å². The Labute approximate surface area is 154 Å². The van der Waals surface area contributed by atoms with Crippen LogP contribution in [0.15, 0.2) is 84.9 Å². The molecule has 0 aromatic heterocycles. The highest BCUT2D eigenvalue weighted by Crippen LogP contribution is 2.34. The zero-order valence-corrected chi connectivity index (χ0v) is 14.4. The van der Waals surface area contributed by atoms with E-state index in [0.717, 1.165) is 0 Å². The lowest BCUT2D eigenvalue weighted by atomic mass is 9.88. The Morgan fingerprint density at radius 1 is 0.423 bits per heavy atom. The van der Waals surface area contributed by atoms with Gasteiger partial charge in [-0.3, -0.25) is 0 Å². The monoisotopic (exact) mass is 330 g/mol. The van der Waals surface area contributed by atoms with Crippen LogP contribution in [0.3, 0.4) is 0 Å². The molecule has 0 saturated heterocycles. The molecule has 2 aliphatic carbocycles. The molecule has 122 valence electrons. The topological polar surface area (TPSA) is 0 Å². The highest BCUT2D eigenvalue weighted by atomic mass is 14.2. The van der Waals surface area contributed by atoms with Crippen molar-refractivity contribution >= 4 is 35.5 Å². The molecular formula is C26H18. The van der Waals surface area contributed by atoms with Gasteiger partial charge in [-0.05, 0) is 56.7 Å². The molecule has 0 saturated carbocycles. The fourth-order valence-corrected chi connectivity index (χ4v) is 3.47. The van der Waals surface area contributed by atoms with E-state index in [1.165, 1.54) is 44.5 Å². The van der Waals surface area contributed by atoms with Crippen LogP contribution in [0, 0.1) is 0 Å². The number of allylic oxidation sites excluding steroid dienone is 4. The van der Waals surface area contributed by atoms with Crippen LogP contribution in [0.2, 0.25) is 0 Å². The van der Waals surface area contributed by atoms with Gasteiger partial charge in [0.15, 0.2) is 0 Å². The van der Waals surface area contributed by atoms with E-state index in [1.807, 2.05) is 0 Å². The van der Waals surface area contributed by atoms with E-state index in [4.69, 9.17) is 0 Å². The summed E-state index contributed by atoms with van der Waals surface area (Å²) >= 11 is 0. The van der Waals surface area contributed by atoms with Gasteiger partial charge in [0.25, 0.3) is 0 Å². The van der Waals surface area contributed by atoms with Crippen molar-refractivity contribution < 1.29 is 0 Å². The zero-order chi connectivity index (χ0) is 17.3. The number of hydrogen-bond donors (Lipinski definition) is 0. The predicted octanol–water partition coefficient (Wildman–Crippen LogP) is 6.82. The first-order valence-electron chi connectivity index (χ1n) is 8.95. The van der Waals surface area contributed by atoms with E-state index >= 15 is 0 Å². The third-order valence-corrected chi connectivity index (χ3v) is 5.01. The molecule has 5 rings (SSSR count). The van der Waals surface area contributed by atoms with Crippen LogP contribution in [-0.4, -0.2) is 0 Å². The van der Waals surface area contributed by atoms with Gasteiger partial charge in [-0.15, -0.1) is 0 Å². The summed E-state index contributed by atoms with van der Waals surface area (Å²) in [5.41, 5.74) is 10.4. The van der Waals surface area contributed by atoms with E-state index in [-0.39, 0.29) is 0 Å². The summed E-state index contributed by atoms with van der Waals surface area (Å²) in [5, 5.41) is 0. The molecule has 3 aromatic carbocycles. The summed E-state index contributed by atoms with van der Waals surface area (Å²) < 4.78 is 0. The molecule has 0 N–H and O–H groups in total. The summed E-state index contributed by atoms with van der Waals surface area (Å²) in [7, 11) is 0. The van der Waals surface area contributed by atoms with Crippen LogP contribution >= 0.6 is 0 Å². The summed E-state index contributed by atoms with van der Waals surface area (Å²) in [6.45, 7) is 0. The fourth-order valence-electron chi connectivity index (χ4n) is 3.47. The average molecular weight is 330 g/mol. The van der Waals surface area contributed by atoms with Gasteiger partial charge in [0, 0.05) is 0 Å². The minimum absolute atomic E-state index is 1.22. The molecule has 0 nitrogen and oxygen atoms in total. The molecule has 2 aliphatic rings. The third-order valence-electron chi connectivity index (χ3n) is 5.01. The minimum Gasteiger partial charge on any atom is -0.0616 e. The Morgan fingerprint density at radius 2 is 0.846 bits per heavy atom. The molecule has 0 atom stereocenters. The molecule has 0 unspecified atom stereocenters. The van der Waals surface area contributed by atoms with Gasteiger partial charge >= 0.3 is 0 Å². The number of fused-ring (bicyclic) bond motifs is 2. The molecule has 0 fully saturated rings. The zero-order valence-electron chi connectivity index (χ0n) is 14.4. The quantitative estimate of drug-likeness (QED) is 0.492. The van der Waals surface area contributed by atoms with Crippen LogP contribution in [-0.2, 0) is 0 Å². The van der Waals surface area contributed by atoms with E-state index in [2.05, 4.69) is 109 Å². The molecule has 0 heteroatoms. The fraction of sp³-hybridized carbons (Fsp3) is 0. The second-order valence-electron chi connectivity index (χ2n) is 6.71. The van der Waals surface area contributed by atoms with Crippen LogP contribution in [0.25, 0.3) is 35.5 Å². The Hall–Kier alpha value is -3.38. The van der Waals surface area contributed by atoms with Crippen molar-refractivity contribution in [2.75, 3.05) is 0 Å². The van der Waals surface area contributed by atoms with Crippen LogP contribution in [0.5, 0.6) is 0 Å². The maximum atomic E-state index is 2.23. The molecule has 0 radical (unpaired) electrons. The molecule has 3 aromatic rings. The van der Waals surface area contributed by atoms with E-state index in [1.54, 1.807) is 0 Å². The Kier molecular flexibility index (Phi) is 3.54. The standard InChI is InChI=1S/C26H18/c1-3-7-25-21(5-1)17-23(25)15-13-19-9-11-20(12-10-19)14-16-24-18-22-6-2-4-8-26(22)24/h1-18H. The molecule has 0 amide bonds. The van der Waals surface area contributed by atoms with Crippen molar-refractivity contribution in [2.45, 2.75) is 0 Å². The first kappa shape index (κ1) is 14.9. The summed E-state index contributed by atoms with van der Waals surface area (Å²) in [4.78, 5) is 0. The van der Waals surface area contributed by atoms with Crippen molar-refractivity contribution in [2.24, 2.45) is 0 Å². The smallest absolute Gasteiger partial charge is 0.0111 e. The van der Waals surface area contributed by atoms with Crippen molar-refractivity contribution in [3.63, 3.8) is 0 Å². The van der Waals surface area contributed by atoms with Gasteiger partial charge in [-0.2, -0.15) is 0 Å². The molecular weight excluding hydrogens is 312 g/mol. The van der Waals surface area contributed by atoms with E-state index in [9.17, 15) is 0 Å². The lowest BCUT2D eigenvalue weighted by Crippen LogP contribution is -1.95. The second-order valence-corrected chi connectivity index (χ2v) is 6.71. The first-order chi connectivity index (χ1) is 12.9. The van der Waals surface area contributed by atoms with Crippen LogP contribution < -0.4 is 0 Å². The van der Waals surface area contributed by atoms with Crippen molar-refractivity contribution in [1.29, 1.82) is 0 Å². The predicted molar refractivity (Wildman–Crippen MR) is 113 cm³/mol.